The number of hydrogen-bond acceptors (Lipinski definition) is 3. The fourth-order valence-electron chi connectivity index (χ4n) is 2.15. The molecule has 3 rings (SSSR count). The highest BCUT2D eigenvalue weighted by molar-refractivity contribution is 7.80. The van der Waals surface area contributed by atoms with Gasteiger partial charge in [-0.3, -0.25) is 14.6 Å². The van der Waals surface area contributed by atoms with Crippen LogP contribution in [0.25, 0.3) is 0 Å². The first kappa shape index (κ1) is 12.7. The number of carbonyl (C=O) groups is 1. The number of aromatic nitrogens is 1. The monoisotopic (exact) mass is 283 g/mol. The number of amides is 1. The molecule has 1 saturated heterocycles. The molecule has 4 nitrogen and oxygen atoms in total. The summed E-state index contributed by atoms with van der Waals surface area (Å²) in [6.07, 6.45) is 1.70. The second-order valence-electron chi connectivity index (χ2n) is 4.52. The van der Waals surface area contributed by atoms with E-state index in [2.05, 4.69) is 4.98 Å². The van der Waals surface area contributed by atoms with Crippen molar-refractivity contribution in [3.63, 3.8) is 0 Å². The van der Waals surface area contributed by atoms with Gasteiger partial charge in [0.1, 0.15) is 12.4 Å². The second-order valence-corrected chi connectivity index (χ2v) is 4.89. The van der Waals surface area contributed by atoms with Gasteiger partial charge in [0.2, 0.25) is 5.91 Å². The topological polar surface area (TPSA) is 36.4 Å². The molecule has 1 amide bonds. The molecule has 1 fully saturated rings. The molecule has 0 N–H and O–H groups in total. The van der Waals surface area contributed by atoms with Crippen molar-refractivity contribution in [1.82, 2.24) is 9.88 Å². The third-order valence-electron chi connectivity index (χ3n) is 3.17. The van der Waals surface area contributed by atoms with Crippen molar-refractivity contribution in [2.75, 3.05) is 11.4 Å². The maximum atomic E-state index is 12.1. The predicted octanol–water partition coefficient (Wildman–Crippen LogP) is 2.22. The highest BCUT2D eigenvalue weighted by Crippen LogP contribution is 2.20. The lowest BCUT2D eigenvalue weighted by Crippen LogP contribution is -2.32. The smallest absolute Gasteiger partial charge is 0.249 e. The number of anilines is 1. The molecule has 2 aromatic rings. The fraction of sp³-hybridized carbons (Fsp3) is 0.133. The Morgan fingerprint density at radius 1 is 1.10 bits per heavy atom. The Balaban J connectivity index is 1.81. The highest BCUT2D eigenvalue weighted by atomic mass is 32.1. The summed E-state index contributed by atoms with van der Waals surface area (Å²) in [7, 11) is 0. The van der Waals surface area contributed by atoms with Gasteiger partial charge in [0.05, 0.1) is 6.54 Å². The molecule has 0 unspecified atom stereocenters. The molecular weight excluding hydrogens is 270 g/mol. The summed E-state index contributed by atoms with van der Waals surface area (Å²) in [5.41, 5.74) is 1.06. The fourth-order valence-corrected chi connectivity index (χ4v) is 2.48. The summed E-state index contributed by atoms with van der Waals surface area (Å²) in [4.78, 5) is 19.8. The minimum absolute atomic E-state index is 0.00417. The number of rotatable bonds is 3. The highest BCUT2D eigenvalue weighted by Gasteiger charge is 2.33. The first-order valence-corrected chi connectivity index (χ1v) is 6.73. The Morgan fingerprint density at radius 2 is 1.85 bits per heavy atom. The van der Waals surface area contributed by atoms with Crippen LogP contribution in [0.4, 0.5) is 5.82 Å². The van der Waals surface area contributed by atoms with E-state index < -0.39 is 0 Å². The molecule has 1 aliphatic rings. The Kier molecular flexibility index (Phi) is 3.43. The van der Waals surface area contributed by atoms with Gasteiger partial charge in [-0.25, -0.2) is 4.98 Å². The number of carbonyl (C=O) groups excluding carboxylic acids is 1. The van der Waals surface area contributed by atoms with Crippen LogP contribution < -0.4 is 4.90 Å². The van der Waals surface area contributed by atoms with Gasteiger partial charge >= 0.3 is 0 Å². The molecule has 0 saturated carbocycles. The first-order valence-electron chi connectivity index (χ1n) is 6.32. The van der Waals surface area contributed by atoms with Crippen LogP contribution in [0.3, 0.4) is 0 Å². The molecule has 1 aliphatic heterocycles. The van der Waals surface area contributed by atoms with Crippen LogP contribution in [-0.4, -0.2) is 27.4 Å². The van der Waals surface area contributed by atoms with Crippen molar-refractivity contribution < 1.29 is 4.79 Å². The summed E-state index contributed by atoms with van der Waals surface area (Å²) in [5.74, 6) is 0.714. The largest absolute Gasteiger partial charge is 0.293 e. The van der Waals surface area contributed by atoms with Gasteiger partial charge in [-0.05, 0) is 29.9 Å². The van der Waals surface area contributed by atoms with Crippen LogP contribution in [0.15, 0.2) is 54.7 Å². The van der Waals surface area contributed by atoms with Crippen LogP contribution in [0.1, 0.15) is 5.56 Å². The lowest BCUT2D eigenvalue weighted by molar-refractivity contribution is -0.124. The maximum Gasteiger partial charge on any atom is 0.249 e. The van der Waals surface area contributed by atoms with E-state index in [1.54, 1.807) is 16.0 Å². The Labute approximate surface area is 122 Å². The van der Waals surface area contributed by atoms with E-state index in [-0.39, 0.29) is 12.5 Å². The van der Waals surface area contributed by atoms with Gasteiger partial charge < -0.3 is 0 Å². The molecule has 0 aliphatic carbocycles. The van der Waals surface area contributed by atoms with E-state index in [1.165, 1.54) is 0 Å². The summed E-state index contributed by atoms with van der Waals surface area (Å²) in [5, 5.41) is 0.512. The van der Waals surface area contributed by atoms with Crippen LogP contribution in [0.5, 0.6) is 0 Å². The maximum absolute atomic E-state index is 12.1. The van der Waals surface area contributed by atoms with E-state index >= 15 is 0 Å². The first-order chi connectivity index (χ1) is 9.75. The predicted molar refractivity (Wildman–Crippen MR) is 81.2 cm³/mol. The van der Waals surface area contributed by atoms with E-state index in [9.17, 15) is 4.79 Å². The van der Waals surface area contributed by atoms with Gasteiger partial charge in [-0.2, -0.15) is 0 Å². The van der Waals surface area contributed by atoms with Gasteiger partial charge in [-0.1, -0.05) is 36.4 Å². The lowest BCUT2D eigenvalue weighted by atomic mass is 10.2. The Morgan fingerprint density at radius 3 is 2.55 bits per heavy atom. The van der Waals surface area contributed by atoms with Crippen molar-refractivity contribution in [3.8, 4) is 0 Å². The second kappa shape index (κ2) is 5.38. The molecule has 100 valence electrons. The summed E-state index contributed by atoms with van der Waals surface area (Å²) in [6, 6.07) is 15.4. The van der Waals surface area contributed by atoms with Crippen LogP contribution >= 0.6 is 12.2 Å². The van der Waals surface area contributed by atoms with Crippen molar-refractivity contribution in [2.45, 2.75) is 6.54 Å². The quantitative estimate of drug-likeness (QED) is 0.809. The van der Waals surface area contributed by atoms with Gasteiger partial charge in [-0.15, -0.1) is 0 Å². The Hall–Kier alpha value is -2.27. The molecule has 0 radical (unpaired) electrons. The third kappa shape index (κ3) is 2.40. The Bertz CT molecular complexity index is 630. The van der Waals surface area contributed by atoms with Crippen molar-refractivity contribution in [3.05, 3.63) is 60.3 Å². The van der Waals surface area contributed by atoms with Crippen molar-refractivity contribution >= 4 is 29.1 Å². The van der Waals surface area contributed by atoms with E-state index in [4.69, 9.17) is 12.2 Å². The summed E-state index contributed by atoms with van der Waals surface area (Å²) in [6.45, 7) is 0.754. The van der Waals surface area contributed by atoms with Gasteiger partial charge in [0.25, 0.3) is 0 Å². The third-order valence-corrected chi connectivity index (χ3v) is 3.61. The lowest BCUT2D eigenvalue weighted by Gasteiger charge is -2.19. The van der Waals surface area contributed by atoms with Gasteiger partial charge in [0, 0.05) is 6.20 Å². The van der Waals surface area contributed by atoms with Crippen LogP contribution in [0.2, 0.25) is 0 Å². The number of benzene rings is 1. The number of thiocarbonyl (C=S) groups is 1. The minimum atomic E-state index is 0.00417. The van der Waals surface area contributed by atoms with E-state index in [1.807, 2.05) is 48.5 Å². The molecule has 0 atom stereocenters. The zero-order chi connectivity index (χ0) is 13.9. The van der Waals surface area contributed by atoms with Crippen LogP contribution in [-0.2, 0) is 11.3 Å². The molecule has 1 aromatic heterocycles. The SMILES string of the molecule is O=C1CN(c2ccccn2)C(=S)N1Cc1ccccc1. The van der Waals surface area contributed by atoms with Crippen LogP contribution in [0, 0.1) is 0 Å². The summed E-state index contributed by atoms with van der Waals surface area (Å²) >= 11 is 5.41. The molecule has 0 spiro atoms. The standard InChI is InChI=1S/C15H13N3OS/c19-14-11-17(13-8-4-5-9-16-13)15(20)18(14)10-12-6-2-1-3-7-12/h1-9H,10-11H2. The number of hydrogen-bond donors (Lipinski definition) is 0. The average Bonchev–Trinajstić information content (AvgIpc) is 2.77. The molecule has 20 heavy (non-hydrogen) atoms. The van der Waals surface area contributed by atoms with E-state index in [0.29, 0.717) is 17.5 Å². The average molecular weight is 283 g/mol. The van der Waals surface area contributed by atoms with Crippen molar-refractivity contribution in [1.29, 1.82) is 0 Å². The molecule has 0 bridgehead atoms. The zero-order valence-electron chi connectivity index (χ0n) is 10.8. The zero-order valence-corrected chi connectivity index (χ0v) is 11.6. The minimum Gasteiger partial charge on any atom is -0.293 e. The van der Waals surface area contributed by atoms with Crippen molar-refractivity contribution in [2.24, 2.45) is 0 Å². The molecular formula is C15H13N3OS. The molecule has 5 heteroatoms. The molecule has 1 aromatic carbocycles. The molecule has 2 heterocycles. The van der Waals surface area contributed by atoms with Gasteiger partial charge in [0.15, 0.2) is 5.11 Å². The number of pyridine rings is 1. The van der Waals surface area contributed by atoms with E-state index in [0.717, 1.165) is 5.56 Å². The summed E-state index contributed by atoms with van der Waals surface area (Å²) < 4.78 is 0. The number of nitrogens with zero attached hydrogens (tertiary/aromatic N) is 3. The normalized spacial score (nSPS) is 15.0.